The van der Waals surface area contributed by atoms with Crippen LogP contribution in [0.3, 0.4) is 0 Å². The Labute approximate surface area is 268 Å². The molecule has 0 unspecified atom stereocenters. The number of rotatable bonds is 4. The van der Waals surface area contributed by atoms with Gasteiger partial charge in [-0.15, -0.1) is 0 Å². The summed E-state index contributed by atoms with van der Waals surface area (Å²) in [6.07, 6.45) is 0. The number of aryl methyl sites for hydroxylation is 1. The van der Waals surface area contributed by atoms with E-state index < -0.39 is 0 Å². The Balaban J connectivity index is 1.14. The van der Waals surface area contributed by atoms with E-state index in [0.29, 0.717) is 0 Å². The van der Waals surface area contributed by atoms with Gasteiger partial charge >= 0.3 is 0 Å². The molecule has 9 rings (SSSR count). The number of para-hydroxylation sites is 2. The van der Waals surface area contributed by atoms with Crippen molar-refractivity contribution in [3.63, 3.8) is 0 Å². The van der Waals surface area contributed by atoms with Crippen LogP contribution in [0.15, 0.2) is 170 Å². The first-order valence-electron chi connectivity index (χ1n) is 15.9. The fourth-order valence-electron chi connectivity index (χ4n) is 7.30. The lowest BCUT2D eigenvalue weighted by Crippen LogP contribution is -1.93. The van der Waals surface area contributed by atoms with Gasteiger partial charge in [-0.2, -0.15) is 0 Å². The molecule has 9 aromatic rings. The largest absolute Gasteiger partial charge is 0.309 e. The molecule has 8 aromatic carbocycles. The number of benzene rings is 8. The molecule has 1 aromatic heterocycles. The number of aromatic nitrogens is 1. The lowest BCUT2D eigenvalue weighted by Gasteiger charge is -2.18. The Hall–Kier alpha value is -5.92. The van der Waals surface area contributed by atoms with E-state index >= 15 is 0 Å². The van der Waals surface area contributed by atoms with Crippen molar-refractivity contribution in [3.8, 4) is 39.1 Å². The molecule has 1 heteroatoms. The Morgan fingerprint density at radius 1 is 0.304 bits per heavy atom. The summed E-state index contributed by atoms with van der Waals surface area (Å²) in [4.78, 5) is 0. The third-order valence-electron chi connectivity index (χ3n) is 9.48. The van der Waals surface area contributed by atoms with Gasteiger partial charge in [0.25, 0.3) is 0 Å². The van der Waals surface area contributed by atoms with Crippen LogP contribution in [-0.4, -0.2) is 4.57 Å². The van der Waals surface area contributed by atoms with Gasteiger partial charge in [-0.1, -0.05) is 151 Å². The van der Waals surface area contributed by atoms with E-state index in [0.717, 1.165) is 0 Å². The van der Waals surface area contributed by atoms with Crippen LogP contribution >= 0.6 is 0 Å². The highest BCUT2D eigenvalue weighted by molar-refractivity contribution is 6.21. The van der Waals surface area contributed by atoms with Crippen molar-refractivity contribution >= 4 is 43.4 Å². The Morgan fingerprint density at radius 2 is 0.630 bits per heavy atom. The minimum atomic E-state index is 1.17. The number of fused-ring (bicyclic) bond motifs is 5. The first kappa shape index (κ1) is 26.5. The number of hydrogen-bond acceptors (Lipinski definition) is 0. The monoisotopic (exact) mass is 585 g/mol. The Kier molecular flexibility index (Phi) is 6.11. The standard InChI is InChI=1S/C45H31N/c1-30-18-20-33(21-19-30)44-38-12-2-4-14-40(38)45(41-15-5-3-13-39(41)44)34-24-22-31(23-25-34)32-26-28-35(29-27-32)46-42-16-8-6-10-36(42)37-11-7-9-17-43(37)46/h2-29H,1H3. The predicted octanol–water partition coefficient (Wildman–Crippen LogP) is 12.4. The average molecular weight is 586 g/mol. The molecule has 0 saturated heterocycles. The second-order valence-electron chi connectivity index (χ2n) is 12.2. The Morgan fingerprint density at radius 3 is 1.07 bits per heavy atom. The van der Waals surface area contributed by atoms with Crippen LogP contribution in [0.25, 0.3) is 82.4 Å². The van der Waals surface area contributed by atoms with E-state index in [-0.39, 0.29) is 0 Å². The maximum atomic E-state index is 2.37. The van der Waals surface area contributed by atoms with Gasteiger partial charge in [0.05, 0.1) is 11.0 Å². The van der Waals surface area contributed by atoms with E-state index in [9.17, 15) is 0 Å². The van der Waals surface area contributed by atoms with E-state index in [1.807, 2.05) is 0 Å². The minimum Gasteiger partial charge on any atom is -0.309 e. The third kappa shape index (κ3) is 4.17. The molecule has 46 heavy (non-hydrogen) atoms. The Bertz CT molecular complexity index is 2440. The molecule has 0 spiro atoms. The molecule has 0 fully saturated rings. The molecule has 0 amide bonds. The molecule has 0 N–H and O–H groups in total. The van der Waals surface area contributed by atoms with E-state index in [4.69, 9.17) is 0 Å². The molecule has 0 atom stereocenters. The second-order valence-corrected chi connectivity index (χ2v) is 12.2. The molecule has 0 radical (unpaired) electrons. The maximum absolute atomic E-state index is 2.37. The van der Waals surface area contributed by atoms with Crippen LogP contribution in [0.5, 0.6) is 0 Å². The average Bonchev–Trinajstić information content (AvgIpc) is 3.46. The van der Waals surface area contributed by atoms with Crippen molar-refractivity contribution in [1.82, 2.24) is 4.57 Å². The smallest absolute Gasteiger partial charge is 0.0541 e. The van der Waals surface area contributed by atoms with Crippen LogP contribution in [0.1, 0.15) is 5.56 Å². The van der Waals surface area contributed by atoms with Gasteiger partial charge in [-0.25, -0.2) is 0 Å². The first-order chi connectivity index (χ1) is 22.7. The fraction of sp³-hybridized carbons (Fsp3) is 0.0222. The molecule has 0 aliphatic carbocycles. The van der Waals surface area contributed by atoms with Crippen molar-refractivity contribution in [2.75, 3.05) is 0 Å². The molecular weight excluding hydrogens is 555 g/mol. The number of nitrogens with zero attached hydrogens (tertiary/aromatic N) is 1. The van der Waals surface area contributed by atoms with Gasteiger partial charge in [0.15, 0.2) is 0 Å². The van der Waals surface area contributed by atoms with Crippen LogP contribution in [0.4, 0.5) is 0 Å². The van der Waals surface area contributed by atoms with Gasteiger partial charge in [-0.05, 0) is 86.1 Å². The van der Waals surface area contributed by atoms with Crippen LogP contribution in [-0.2, 0) is 0 Å². The summed E-state index contributed by atoms with van der Waals surface area (Å²) in [5.41, 5.74) is 12.4. The van der Waals surface area contributed by atoms with Crippen LogP contribution < -0.4 is 0 Å². The molecule has 0 aliphatic rings. The van der Waals surface area contributed by atoms with Crippen molar-refractivity contribution in [2.24, 2.45) is 0 Å². The van der Waals surface area contributed by atoms with Gasteiger partial charge in [-0.3, -0.25) is 0 Å². The summed E-state index contributed by atoms with van der Waals surface area (Å²) < 4.78 is 2.37. The van der Waals surface area contributed by atoms with Gasteiger partial charge in [0.1, 0.15) is 0 Å². The van der Waals surface area contributed by atoms with Gasteiger partial charge < -0.3 is 4.57 Å². The lowest BCUT2D eigenvalue weighted by atomic mass is 9.85. The molecule has 1 nitrogen and oxygen atoms in total. The zero-order valence-corrected chi connectivity index (χ0v) is 25.6. The summed E-state index contributed by atoms with van der Waals surface area (Å²) in [6, 6.07) is 62.1. The highest BCUT2D eigenvalue weighted by Gasteiger charge is 2.17. The first-order valence-corrected chi connectivity index (χ1v) is 15.9. The third-order valence-corrected chi connectivity index (χ3v) is 9.48. The molecule has 1 heterocycles. The second kappa shape index (κ2) is 10.6. The van der Waals surface area contributed by atoms with E-state index in [1.165, 1.54) is 88.0 Å². The predicted molar refractivity (Wildman–Crippen MR) is 197 cm³/mol. The van der Waals surface area contributed by atoms with Crippen molar-refractivity contribution in [3.05, 3.63) is 175 Å². The molecule has 216 valence electrons. The van der Waals surface area contributed by atoms with E-state index in [1.54, 1.807) is 0 Å². The molecule has 0 aliphatic heterocycles. The maximum Gasteiger partial charge on any atom is 0.0541 e. The molecular formula is C45H31N. The summed E-state index contributed by atoms with van der Waals surface area (Å²) >= 11 is 0. The quantitative estimate of drug-likeness (QED) is 0.181. The van der Waals surface area contributed by atoms with Crippen molar-refractivity contribution in [1.29, 1.82) is 0 Å². The van der Waals surface area contributed by atoms with E-state index in [2.05, 4.69) is 181 Å². The fourth-order valence-corrected chi connectivity index (χ4v) is 7.30. The van der Waals surface area contributed by atoms with Crippen molar-refractivity contribution in [2.45, 2.75) is 6.92 Å². The highest BCUT2D eigenvalue weighted by Crippen LogP contribution is 2.44. The van der Waals surface area contributed by atoms with Crippen LogP contribution in [0.2, 0.25) is 0 Å². The SMILES string of the molecule is Cc1ccc(-c2c3ccccc3c(-c3ccc(-c4ccc(-n5c6ccccc6c6ccccc65)cc4)cc3)c3ccccc23)cc1. The van der Waals surface area contributed by atoms with Gasteiger partial charge in [0, 0.05) is 16.5 Å². The lowest BCUT2D eigenvalue weighted by molar-refractivity contribution is 1.18. The van der Waals surface area contributed by atoms with Crippen molar-refractivity contribution < 1.29 is 0 Å². The number of hydrogen-bond donors (Lipinski definition) is 0. The van der Waals surface area contributed by atoms with Crippen LogP contribution in [0, 0.1) is 6.92 Å². The summed E-state index contributed by atoms with van der Waals surface area (Å²) in [5, 5.41) is 7.68. The zero-order valence-electron chi connectivity index (χ0n) is 25.6. The summed E-state index contributed by atoms with van der Waals surface area (Å²) in [5.74, 6) is 0. The summed E-state index contributed by atoms with van der Waals surface area (Å²) in [7, 11) is 0. The topological polar surface area (TPSA) is 4.93 Å². The normalized spacial score (nSPS) is 11.6. The highest BCUT2D eigenvalue weighted by atomic mass is 15.0. The minimum absolute atomic E-state index is 1.17. The molecule has 0 saturated carbocycles. The molecule has 0 bridgehead atoms. The van der Waals surface area contributed by atoms with Gasteiger partial charge in [0.2, 0.25) is 0 Å². The summed E-state index contributed by atoms with van der Waals surface area (Å²) in [6.45, 7) is 2.15. The zero-order chi connectivity index (χ0) is 30.6.